The monoisotopic (exact) mass is 224 g/mol. The molecule has 2 rings (SSSR count). The molecule has 1 aliphatic rings. The van der Waals surface area contributed by atoms with Crippen molar-refractivity contribution in [2.45, 2.75) is 13.3 Å². The quantitative estimate of drug-likeness (QED) is 0.723. The van der Waals surface area contributed by atoms with Crippen LogP contribution in [0, 0.1) is 12.8 Å². The summed E-state index contributed by atoms with van der Waals surface area (Å²) in [5.41, 5.74) is 1.58. The van der Waals surface area contributed by atoms with Crippen LogP contribution >= 0.6 is 11.6 Å². The van der Waals surface area contributed by atoms with E-state index in [1.165, 1.54) is 0 Å². The van der Waals surface area contributed by atoms with Crippen LogP contribution in [0.3, 0.4) is 0 Å². The first kappa shape index (κ1) is 10.7. The molecule has 1 aromatic rings. The Bertz CT molecular complexity index is 381. The van der Waals surface area contributed by atoms with Gasteiger partial charge in [0.1, 0.15) is 0 Å². The zero-order chi connectivity index (χ0) is 10.8. The predicted molar refractivity (Wildman–Crippen MR) is 59.4 cm³/mol. The first-order valence-electron chi connectivity index (χ1n) is 5.07. The van der Waals surface area contributed by atoms with Gasteiger partial charge >= 0.3 is 0 Å². The Hall–Kier alpha value is -0.860. The molecule has 1 aliphatic heterocycles. The third-order valence-electron chi connectivity index (χ3n) is 2.76. The summed E-state index contributed by atoms with van der Waals surface area (Å²) in [7, 11) is 0. The van der Waals surface area contributed by atoms with Gasteiger partial charge in [0.2, 0.25) is 0 Å². The third kappa shape index (κ3) is 2.06. The number of hydrogen-bond donors (Lipinski definition) is 0. The maximum Gasteiger partial charge on any atom is 0.169 e. The highest BCUT2D eigenvalue weighted by molar-refractivity contribution is 6.34. The molecule has 1 unspecified atom stereocenters. The lowest BCUT2D eigenvalue weighted by molar-refractivity contribution is 0.0900. The lowest BCUT2D eigenvalue weighted by atomic mass is 9.96. The molecule has 80 valence electrons. The van der Waals surface area contributed by atoms with Crippen molar-refractivity contribution < 1.29 is 9.53 Å². The summed E-state index contributed by atoms with van der Waals surface area (Å²) >= 11 is 6.10. The predicted octanol–water partition coefficient (Wildman–Crippen LogP) is 2.87. The van der Waals surface area contributed by atoms with Gasteiger partial charge in [0.05, 0.1) is 11.6 Å². The molecular formula is C12H13ClO2. The van der Waals surface area contributed by atoms with E-state index in [0.29, 0.717) is 23.8 Å². The third-order valence-corrected chi connectivity index (χ3v) is 3.26. The van der Waals surface area contributed by atoms with E-state index in [4.69, 9.17) is 16.3 Å². The Morgan fingerprint density at radius 2 is 2.33 bits per heavy atom. The normalized spacial score (nSPS) is 20.5. The standard InChI is InChI=1S/C12H13ClO2/c1-8-3-2-4-10(11(8)13)12(14)9-5-6-15-7-9/h2-4,9H,5-7H2,1H3. The molecule has 1 atom stereocenters. The molecule has 0 N–H and O–H groups in total. The fourth-order valence-electron chi connectivity index (χ4n) is 1.80. The molecule has 1 fully saturated rings. The highest BCUT2D eigenvalue weighted by atomic mass is 35.5. The SMILES string of the molecule is Cc1cccc(C(=O)C2CCOC2)c1Cl. The summed E-state index contributed by atoms with van der Waals surface area (Å²) in [6.45, 7) is 3.12. The highest BCUT2D eigenvalue weighted by Gasteiger charge is 2.26. The maximum absolute atomic E-state index is 12.1. The molecule has 3 heteroatoms. The summed E-state index contributed by atoms with van der Waals surface area (Å²) < 4.78 is 5.21. The van der Waals surface area contributed by atoms with Crippen molar-refractivity contribution in [3.05, 3.63) is 34.3 Å². The van der Waals surface area contributed by atoms with Crippen LogP contribution in [-0.2, 0) is 4.74 Å². The molecule has 0 amide bonds. The number of halogens is 1. The average Bonchev–Trinajstić information content (AvgIpc) is 2.74. The number of hydrogen-bond acceptors (Lipinski definition) is 2. The number of ketones is 1. The van der Waals surface area contributed by atoms with Crippen LogP contribution in [0.5, 0.6) is 0 Å². The van der Waals surface area contributed by atoms with Gasteiger partial charge in [-0.1, -0.05) is 23.7 Å². The van der Waals surface area contributed by atoms with Crippen LogP contribution in [0.15, 0.2) is 18.2 Å². The zero-order valence-electron chi connectivity index (χ0n) is 8.63. The number of aryl methyl sites for hydroxylation is 1. The summed E-state index contributed by atoms with van der Waals surface area (Å²) in [4.78, 5) is 12.1. The molecule has 15 heavy (non-hydrogen) atoms. The van der Waals surface area contributed by atoms with Gasteiger partial charge in [-0.05, 0) is 25.0 Å². The molecule has 1 saturated heterocycles. The summed E-state index contributed by atoms with van der Waals surface area (Å²) in [6.07, 6.45) is 0.809. The minimum absolute atomic E-state index is 0.00991. The van der Waals surface area contributed by atoms with Crippen LogP contribution in [-0.4, -0.2) is 19.0 Å². The van der Waals surface area contributed by atoms with Crippen LogP contribution in [0.25, 0.3) is 0 Å². The lowest BCUT2D eigenvalue weighted by Gasteiger charge is -2.09. The smallest absolute Gasteiger partial charge is 0.169 e. The molecule has 0 spiro atoms. The number of carbonyl (C=O) groups is 1. The average molecular weight is 225 g/mol. The van der Waals surface area contributed by atoms with E-state index in [1.807, 2.05) is 19.1 Å². The van der Waals surface area contributed by atoms with E-state index in [2.05, 4.69) is 0 Å². The zero-order valence-corrected chi connectivity index (χ0v) is 9.38. The van der Waals surface area contributed by atoms with Crippen LogP contribution in [0.4, 0.5) is 0 Å². The summed E-state index contributed by atoms with van der Waals surface area (Å²) in [6, 6.07) is 5.56. The Morgan fingerprint density at radius 1 is 1.53 bits per heavy atom. The van der Waals surface area contributed by atoms with Crippen LogP contribution in [0.2, 0.25) is 5.02 Å². The molecule has 1 heterocycles. The highest BCUT2D eigenvalue weighted by Crippen LogP contribution is 2.25. The van der Waals surface area contributed by atoms with Crippen molar-refractivity contribution in [3.8, 4) is 0 Å². The molecule has 0 aromatic heterocycles. The van der Waals surface area contributed by atoms with Gasteiger partial charge in [0.15, 0.2) is 5.78 Å². The van der Waals surface area contributed by atoms with Crippen molar-refractivity contribution >= 4 is 17.4 Å². The lowest BCUT2D eigenvalue weighted by Crippen LogP contribution is -2.15. The van der Waals surface area contributed by atoms with Crippen molar-refractivity contribution in [1.29, 1.82) is 0 Å². The second-order valence-electron chi connectivity index (χ2n) is 3.86. The molecule has 0 aliphatic carbocycles. The van der Waals surface area contributed by atoms with Gasteiger partial charge in [-0.25, -0.2) is 0 Å². The fourth-order valence-corrected chi connectivity index (χ4v) is 2.02. The number of ether oxygens (including phenoxy) is 1. The van der Waals surface area contributed by atoms with E-state index >= 15 is 0 Å². The molecule has 0 bridgehead atoms. The molecule has 0 saturated carbocycles. The van der Waals surface area contributed by atoms with Gasteiger partial charge in [-0.2, -0.15) is 0 Å². The Balaban J connectivity index is 2.28. The minimum Gasteiger partial charge on any atom is -0.381 e. The van der Waals surface area contributed by atoms with Gasteiger partial charge in [-0.3, -0.25) is 4.79 Å². The van der Waals surface area contributed by atoms with Crippen molar-refractivity contribution in [3.63, 3.8) is 0 Å². The number of benzene rings is 1. The van der Waals surface area contributed by atoms with E-state index in [9.17, 15) is 4.79 Å². The number of rotatable bonds is 2. The first-order chi connectivity index (χ1) is 7.20. The number of carbonyl (C=O) groups excluding carboxylic acids is 1. The fraction of sp³-hybridized carbons (Fsp3) is 0.417. The van der Waals surface area contributed by atoms with E-state index in [0.717, 1.165) is 12.0 Å². The Labute approximate surface area is 94.2 Å². The van der Waals surface area contributed by atoms with Gasteiger partial charge in [0, 0.05) is 18.1 Å². The maximum atomic E-state index is 12.1. The largest absolute Gasteiger partial charge is 0.381 e. The Kier molecular flexibility index (Phi) is 3.08. The first-order valence-corrected chi connectivity index (χ1v) is 5.45. The molecule has 0 radical (unpaired) electrons. The molecule has 2 nitrogen and oxygen atoms in total. The second-order valence-corrected chi connectivity index (χ2v) is 4.24. The molecular weight excluding hydrogens is 212 g/mol. The van der Waals surface area contributed by atoms with Gasteiger partial charge < -0.3 is 4.74 Å². The van der Waals surface area contributed by atoms with Crippen LogP contribution < -0.4 is 0 Å². The summed E-state index contributed by atoms with van der Waals surface area (Å²) in [5, 5.41) is 0.578. The second kappa shape index (κ2) is 4.33. The van der Waals surface area contributed by atoms with Crippen molar-refractivity contribution in [2.75, 3.05) is 13.2 Å². The van der Waals surface area contributed by atoms with Gasteiger partial charge in [-0.15, -0.1) is 0 Å². The number of Topliss-reactive ketones (excluding diaryl/α,β-unsaturated/α-hetero) is 1. The minimum atomic E-state index is -0.00991. The van der Waals surface area contributed by atoms with E-state index in [1.54, 1.807) is 6.07 Å². The van der Waals surface area contributed by atoms with Gasteiger partial charge in [0.25, 0.3) is 0 Å². The molecule has 1 aromatic carbocycles. The van der Waals surface area contributed by atoms with Crippen molar-refractivity contribution in [1.82, 2.24) is 0 Å². The van der Waals surface area contributed by atoms with Crippen LogP contribution in [0.1, 0.15) is 22.3 Å². The van der Waals surface area contributed by atoms with Crippen molar-refractivity contribution in [2.24, 2.45) is 5.92 Å². The topological polar surface area (TPSA) is 26.3 Å². The van der Waals surface area contributed by atoms with E-state index < -0.39 is 0 Å². The van der Waals surface area contributed by atoms with E-state index in [-0.39, 0.29) is 11.7 Å². The summed E-state index contributed by atoms with van der Waals surface area (Å²) in [5.74, 6) is 0.102. The Morgan fingerprint density at radius 3 is 3.00 bits per heavy atom.